The zero-order valence-corrected chi connectivity index (χ0v) is 42.8. The fraction of sp³-hybridized carbons (Fsp3) is 0.659. The van der Waals surface area contributed by atoms with E-state index in [0.29, 0.717) is 6.42 Å². The second-order valence-electron chi connectivity index (χ2n) is 17.1. The van der Waals surface area contributed by atoms with Crippen LogP contribution in [0, 0.1) is 0 Å². The summed E-state index contributed by atoms with van der Waals surface area (Å²) in [4.78, 5) is 132. The molecule has 0 aliphatic rings. The van der Waals surface area contributed by atoms with Crippen molar-refractivity contribution in [2.45, 2.75) is 132 Å². The van der Waals surface area contributed by atoms with Crippen LogP contribution in [0.2, 0.25) is 0 Å². The molecule has 0 aliphatic carbocycles. The molecule has 35 heteroatoms. The number of hydrogen-bond acceptors (Lipinski definition) is 15. The van der Waals surface area contributed by atoms with E-state index in [0.717, 1.165) is 0 Å². The van der Waals surface area contributed by atoms with E-state index in [-0.39, 0.29) is 146 Å². The van der Waals surface area contributed by atoms with Crippen molar-refractivity contribution < 1.29 is 38.4 Å². The summed E-state index contributed by atoms with van der Waals surface area (Å²) < 4.78 is 0. The Kier molecular flexibility index (Phi) is 33.7. The predicted molar refractivity (Wildman–Crippen MR) is 287 cm³/mol. The van der Waals surface area contributed by atoms with E-state index < -0.39 is 102 Å². The summed E-state index contributed by atoms with van der Waals surface area (Å²) in [6.45, 7) is 0.358. The van der Waals surface area contributed by atoms with Gasteiger partial charge >= 0.3 is 0 Å². The Morgan fingerprint density at radius 1 is 0.289 bits per heavy atom. The van der Waals surface area contributed by atoms with Crippen molar-refractivity contribution in [3.8, 4) is 0 Å². The molecule has 0 rings (SSSR count). The van der Waals surface area contributed by atoms with Crippen molar-refractivity contribution in [3.05, 3.63) is 0 Å². The lowest BCUT2D eigenvalue weighted by molar-refractivity contribution is -0.136. The van der Waals surface area contributed by atoms with E-state index >= 15 is 0 Å². The van der Waals surface area contributed by atoms with Gasteiger partial charge in [-0.1, -0.05) is 0 Å². The van der Waals surface area contributed by atoms with Gasteiger partial charge in [-0.15, -0.1) is 0 Å². The molecule has 0 spiro atoms. The third-order valence-electron chi connectivity index (χ3n) is 10.5. The molecule has 0 radical (unpaired) electrons. The van der Waals surface area contributed by atoms with Gasteiger partial charge in [-0.25, -0.2) is 0 Å². The van der Waals surface area contributed by atoms with Crippen LogP contribution in [0.1, 0.15) is 89.9 Å². The van der Waals surface area contributed by atoms with E-state index in [2.05, 4.69) is 61.9 Å². The summed E-state index contributed by atoms with van der Waals surface area (Å²) in [5.41, 5.74) is 82.4. The van der Waals surface area contributed by atoms with Gasteiger partial charge in [0.05, 0.1) is 6.04 Å². The van der Waals surface area contributed by atoms with Gasteiger partial charge in [0.1, 0.15) is 36.3 Å². The highest BCUT2D eigenvalue weighted by molar-refractivity contribution is 5.97. The molecule has 0 aliphatic heterocycles. The molecule has 0 heterocycles. The molecular weight excluding hydrogens is 999 g/mol. The molecule has 430 valence electrons. The number of nitrogens with one attached hydrogen (secondary N) is 6. The third kappa shape index (κ3) is 33.1. The van der Waals surface area contributed by atoms with Crippen molar-refractivity contribution in [2.24, 2.45) is 116 Å². The van der Waals surface area contributed by atoms with Gasteiger partial charge in [-0.3, -0.25) is 68.3 Å². The molecule has 0 bridgehead atoms. The lowest BCUT2D eigenvalue weighted by Crippen LogP contribution is -2.60. The maximum absolute atomic E-state index is 14.3. The van der Waals surface area contributed by atoms with Crippen LogP contribution in [0.15, 0.2) is 30.0 Å². The summed E-state index contributed by atoms with van der Waals surface area (Å²) in [6.07, 6.45) is -0.140. The molecule has 0 saturated carbocycles. The highest BCUT2D eigenvalue weighted by Crippen LogP contribution is 2.10. The Bertz CT molecular complexity index is 2060. The number of nitrogens with zero attached hydrogens (tertiary/aromatic N) is 6. The number of rotatable bonds is 40. The molecular formula is C41H83N27O8. The Hall–Kier alpha value is -8.66. The largest absolute Gasteiger partial charge is 0.370 e. The Balaban J connectivity index is 7.03. The summed E-state index contributed by atoms with van der Waals surface area (Å²) in [6, 6.07) is -9.55. The zero-order chi connectivity index (χ0) is 57.8. The average molecular weight is 1080 g/mol. The van der Waals surface area contributed by atoms with Crippen molar-refractivity contribution in [2.75, 3.05) is 39.3 Å². The van der Waals surface area contributed by atoms with Gasteiger partial charge in [-0.2, -0.15) is 0 Å². The van der Waals surface area contributed by atoms with E-state index in [1.165, 1.54) is 0 Å². The fourth-order valence-corrected chi connectivity index (χ4v) is 6.72. The molecule has 36 N–H and O–H groups in total. The van der Waals surface area contributed by atoms with E-state index in [1.54, 1.807) is 0 Å². The molecule has 76 heavy (non-hydrogen) atoms. The number of aliphatic imine (C=N–C) groups is 6. The second kappa shape index (κ2) is 38.0. The van der Waals surface area contributed by atoms with Crippen molar-refractivity contribution in [1.29, 1.82) is 0 Å². The topological polar surface area (TPSA) is 673 Å². The number of hydrogen-bond donors (Lipinski definition) is 21. The van der Waals surface area contributed by atoms with E-state index in [9.17, 15) is 38.4 Å². The minimum atomic E-state index is -1.61. The molecule has 0 saturated heterocycles. The number of primary amides is 2. The zero-order valence-electron chi connectivity index (χ0n) is 42.8. The quantitative estimate of drug-likeness (QED) is 0.0154. The number of carbonyl (C=O) groups is 8. The van der Waals surface area contributed by atoms with Gasteiger partial charge in [0.2, 0.25) is 47.3 Å². The molecule has 0 fully saturated rings. The maximum Gasteiger partial charge on any atom is 0.243 e. The Morgan fingerprint density at radius 2 is 0.500 bits per heavy atom. The SMILES string of the molecule is NC(=O)CC[C@H](NC(=O)[C@H](CCCN=C(N)N)NC(=O)[C@H](CCCN=C(N)N)NC(=O)[C@@H](N)CCCN=C(N)N)C(=O)N[C@@H](CCCN=C(N)N)C(=O)N[C@@H](CCCN=C(N)N)C(=O)N[C@@H](CCCN=C(N)N)C(N)=O. The van der Waals surface area contributed by atoms with Gasteiger partial charge in [0.15, 0.2) is 35.8 Å². The predicted octanol–water partition coefficient (Wildman–Crippen LogP) is -10.7. The maximum atomic E-state index is 14.3. The van der Waals surface area contributed by atoms with Crippen LogP contribution in [0.25, 0.3) is 0 Å². The monoisotopic (exact) mass is 1080 g/mol. The lowest BCUT2D eigenvalue weighted by Gasteiger charge is -2.28. The summed E-state index contributed by atoms with van der Waals surface area (Å²) >= 11 is 0. The number of carbonyl (C=O) groups excluding carboxylic acids is 8. The van der Waals surface area contributed by atoms with Gasteiger partial charge in [-0.05, 0) is 83.5 Å². The minimum absolute atomic E-state index is 0.00643. The molecule has 0 aromatic carbocycles. The molecule has 35 nitrogen and oxygen atoms in total. The van der Waals surface area contributed by atoms with Crippen LogP contribution in [-0.4, -0.2) is 165 Å². The molecule has 0 unspecified atom stereocenters. The summed E-state index contributed by atoms with van der Waals surface area (Å²) in [5, 5.41) is 15.4. The smallest absolute Gasteiger partial charge is 0.243 e. The standard InChI is InChI=1S/C41H83N27O8/c42-21(7-1-15-57-36(45)46)30(71)64-23(9-3-17-59-38(49)50)32(73)66-26(12-6-20-62-41(55)56)34(75)68-27(13-14-28(43)69)35(76)67-25(11-5-19-61-40(53)54)33(74)65-24(10-4-18-60-39(51)52)31(72)63-22(29(44)70)8-2-16-58-37(47)48/h21-27H,1-20,42H2,(H2,43,69)(H2,44,70)(H,63,72)(H,64,71)(H,65,74)(H,66,73)(H,67,76)(H,68,75)(H4,45,46,57)(H4,47,48,58)(H4,49,50,59)(H4,51,52,60)(H4,53,54,61)(H4,55,56,62)/t21-,22-,23-,24-,25-,26-,27-/m0/s1. The minimum Gasteiger partial charge on any atom is -0.370 e. The molecule has 8 amide bonds. The highest BCUT2D eigenvalue weighted by atomic mass is 16.2. The second-order valence-corrected chi connectivity index (χ2v) is 17.1. The molecule has 7 atom stereocenters. The van der Waals surface area contributed by atoms with Crippen LogP contribution in [-0.2, 0) is 38.4 Å². The van der Waals surface area contributed by atoms with Crippen LogP contribution < -0.4 is 118 Å². The summed E-state index contributed by atoms with van der Waals surface area (Å²) in [5.74, 6) is -8.38. The lowest BCUT2D eigenvalue weighted by atomic mass is 10.0. The first-order valence-corrected chi connectivity index (χ1v) is 24.2. The first kappa shape index (κ1) is 67.3. The normalized spacial score (nSPS) is 13.3. The van der Waals surface area contributed by atoms with Crippen LogP contribution >= 0.6 is 0 Å². The van der Waals surface area contributed by atoms with E-state index in [4.69, 9.17) is 86.0 Å². The van der Waals surface area contributed by atoms with Crippen molar-refractivity contribution in [3.63, 3.8) is 0 Å². The highest BCUT2D eigenvalue weighted by Gasteiger charge is 2.34. The molecule has 0 aromatic rings. The van der Waals surface area contributed by atoms with Gasteiger partial charge < -0.3 is 118 Å². The average Bonchev–Trinajstić information content (AvgIpc) is 3.32. The van der Waals surface area contributed by atoms with Gasteiger partial charge in [0.25, 0.3) is 0 Å². The molecule has 0 aromatic heterocycles. The first-order chi connectivity index (χ1) is 35.7. The van der Waals surface area contributed by atoms with Crippen molar-refractivity contribution >= 4 is 83.0 Å². The summed E-state index contributed by atoms with van der Waals surface area (Å²) in [7, 11) is 0. The Morgan fingerprint density at radius 3 is 0.737 bits per heavy atom. The third-order valence-corrected chi connectivity index (χ3v) is 10.5. The van der Waals surface area contributed by atoms with Crippen molar-refractivity contribution in [1.82, 2.24) is 31.9 Å². The fourth-order valence-electron chi connectivity index (χ4n) is 6.72. The van der Waals surface area contributed by atoms with Gasteiger partial charge in [0, 0.05) is 45.7 Å². The number of amides is 8. The van der Waals surface area contributed by atoms with Crippen LogP contribution in [0.5, 0.6) is 0 Å². The first-order valence-electron chi connectivity index (χ1n) is 24.2. The van der Waals surface area contributed by atoms with Crippen LogP contribution in [0.3, 0.4) is 0 Å². The number of nitrogens with two attached hydrogens (primary N) is 15. The Labute approximate surface area is 439 Å². The van der Waals surface area contributed by atoms with E-state index in [1.807, 2.05) is 0 Å². The van der Waals surface area contributed by atoms with Crippen LogP contribution in [0.4, 0.5) is 0 Å². The number of guanidine groups is 6.